The molecular weight excluding hydrogens is 250 g/mol. The second-order valence-electron chi connectivity index (χ2n) is 3.84. The lowest BCUT2D eigenvalue weighted by Crippen LogP contribution is -2.06. The number of nitrogens with zero attached hydrogens (tertiary/aromatic N) is 2. The number of carboxylic acid groups (broad SMARTS) is 1. The summed E-state index contributed by atoms with van der Waals surface area (Å²) in [6.07, 6.45) is 1.19. The summed E-state index contributed by atoms with van der Waals surface area (Å²) in [4.78, 5) is 21.7. The average Bonchev–Trinajstić information content (AvgIpc) is 2.71. The van der Waals surface area contributed by atoms with Gasteiger partial charge in [-0.3, -0.25) is 4.79 Å². The molecule has 1 aromatic carbocycles. The van der Waals surface area contributed by atoms with E-state index in [9.17, 15) is 14.7 Å². The van der Waals surface area contributed by atoms with E-state index in [0.717, 1.165) is 0 Å². The van der Waals surface area contributed by atoms with Crippen molar-refractivity contribution in [3.63, 3.8) is 0 Å². The van der Waals surface area contributed by atoms with Crippen molar-refractivity contribution in [3.05, 3.63) is 36.2 Å². The summed E-state index contributed by atoms with van der Waals surface area (Å²) in [7, 11) is 0. The van der Waals surface area contributed by atoms with Gasteiger partial charge < -0.3 is 15.5 Å². The number of carboxylic acids is 1. The highest BCUT2D eigenvalue weighted by Crippen LogP contribution is 2.20. The van der Waals surface area contributed by atoms with Crippen molar-refractivity contribution >= 4 is 17.6 Å². The summed E-state index contributed by atoms with van der Waals surface area (Å²) in [5.74, 6) is -1.95. The fourth-order valence-corrected chi connectivity index (χ4v) is 1.58. The van der Waals surface area contributed by atoms with Gasteiger partial charge in [0.05, 0.1) is 11.9 Å². The third kappa shape index (κ3) is 2.71. The summed E-state index contributed by atoms with van der Waals surface area (Å²) in [6, 6.07) is 6.65. The molecule has 0 spiro atoms. The zero-order valence-corrected chi connectivity index (χ0v) is 9.99. The molecule has 3 N–H and O–H groups in total. The van der Waals surface area contributed by atoms with Gasteiger partial charge in [-0.15, -0.1) is 0 Å². The second kappa shape index (κ2) is 4.81. The van der Waals surface area contributed by atoms with E-state index >= 15 is 0 Å². The Bertz CT molecular complexity index is 648. The number of aromatic hydroxyl groups is 1. The standard InChI is InChI=1S/C12H11N3O4/c1-7(16)13-8-3-2-4-9(5-8)15-6-10(17)11(14-15)12(18)19/h2-6,17H,1H3,(H,13,16)(H,18,19). The Kier molecular flexibility index (Phi) is 3.19. The van der Waals surface area contributed by atoms with Crippen molar-refractivity contribution < 1.29 is 19.8 Å². The Hall–Kier alpha value is -2.83. The molecule has 0 bridgehead atoms. The molecule has 1 amide bonds. The predicted octanol–water partition coefficient (Wildman–Crippen LogP) is 1.23. The smallest absolute Gasteiger partial charge is 0.360 e. The van der Waals surface area contributed by atoms with E-state index in [1.807, 2.05) is 0 Å². The topological polar surface area (TPSA) is 104 Å². The number of aromatic carboxylic acids is 1. The minimum Gasteiger partial charge on any atom is -0.504 e. The molecule has 0 unspecified atom stereocenters. The van der Waals surface area contributed by atoms with E-state index in [4.69, 9.17) is 5.11 Å². The molecule has 0 radical (unpaired) electrons. The van der Waals surface area contributed by atoms with Crippen molar-refractivity contribution in [2.75, 3.05) is 5.32 Å². The molecule has 0 aliphatic heterocycles. The number of hydrogen-bond donors (Lipinski definition) is 3. The molecule has 98 valence electrons. The predicted molar refractivity (Wildman–Crippen MR) is 66.5 cm³/mol. The van der Waals surface area contributed by atoms with Gasteiger partial charge in [-0.1, -0.05) is 6.07 Å². The van der Waals surface area contributed by atoms with Gasteiger partial charge in [-0.25, -0.2) is 9.48 Å². The molecule has 0 atom stereocenters. The van der Waals surface area contributed by atoms with Crippen molar-refractivity contribution in [2.24, 2.45) is 0 Å². The van der Waals surface area contributed by atoms with Crippen LogP contribution in [-0.4, -0.2) is 31.9 Å². The third-order valence-corrected chi connectivity index (χ3v) is 2.33. The minimum absolute atomic E-state index is 0.216. The average molecular weight is 261 g/mol. The van der Waals surface area contributed by atoms with E-state index in [1.165, 1.54) is 17.8 Å². The molecule has 0 saturated carbocycles. The largest absolute Gasteiger partial charge is 0.504 e. The summed E-state index contributed by atoms with van der Waals surface area (Å²) >= 11 is 0. The molecule has 0 aliphatic rings. The van der Waals surface area contributed by atoms with Crippen LogP contribution in [0.15, 0.2) is 30.5 Å². The van der Waals surface area contributed by atoms with Crippen LogP contribution in [-0.2, 0) is 4.79 Å². The van der Waals surface area contributed by atoms with Crippen LogP contribution in [0.5, 0.6) is 5.75 Å². The molecule has 0 saturated heterocycles. The van der Waals surface area contributed by atoms with Gasteiger partial charge >= 0.3 is 5.97 Å². The van der Waals surface area contributed by atoms with Crippen LogP contribution in [0.1, 0.15) is 17.4 Å². The zero-order valence-electron chi connectivity index (χ0n) is 9.99. The first kappa shape index (κ1) is 12.6. The van der Waals surface area contributed by atoms with Gasteiger partial charge in [0.15, 0.2) is 5.75 Å². The molecule has 2 aromatic rings. The van der Waals surface area contributed by atoms with Gasteiger partial charge in [0, 0.05) is 12.6 Å². The first-order valence-corrected chi connectivity index (χ1v) is 5.37. The summed E-state index contributed by atoms with van der Waals surface area (Å²) in [6.45, 7) is 1.38. The summed E-state index contributed by atoms with van der Waals surface area (Å²) in [5.41, 5.74) is 0.649. The highest BCUT2D eigenvalue weighted by Gasteiger charge is 2.15. The van der Waals surface area contributed by atoms with Gasteiger partial charge in [0.2, 0.25) is 11.6 Å². The first-order valence-electron chi connectivity index (χ1n) is 5.37. The van der Waals surface area contributed by atoms with Gasteiger partial charge in [-0.05, 0) is 18.2 Å². The number of hydrogen-bond acceptors (Lipinski definition) is 4. The van der Waals surface area contributed by atoms with E-state index < -0.39 is 17.4 Å². The van der Waals surface area contributed by atoms with E-state index in [2.05, 4.69) is 10.4 Å². The van der Waals surface area contributed by atoms with Gasteiger partial charge in [0.1, 0.15) is 0 Å². The van der Waals surface area contributed by atoms with Crippen LogP contribution in [0, 0.1) is 0 Å². The summed E-state index contributed by atoms with van der Waals surface area (Å²) in [5, 5.41) is 24.6. The highest BCUT2D eigenvalue weighted by atomic mass is 16.4. The number of aromatic nitrogens is 2. The van der Waals surface area contributed by atoms with E-state index in [-0.39, 0.29) is 5.91 Å². The van der Waals surface area contributed by atoms with Crippen molar-refractivity contribution in [3.8, 4) is 11.4 Å². The fourth-order valence-electron chi connectivity index (χ4n) is 1.58. The maximum Gasteiger partial charge on any atom is 0.360 e. The Morgan fingerprint density at radius 1 is 1.37 bits per heavy atom. The number of anilines is 1. The van der Waals surface area contributed by atoms with Crippen LogP contribution in [0.4, 0.5) is 5.69 Å². The van der Waals surface area contributed by atoms with Crippen LogP contribution in [0.2, 0.25) is 0 Å². The van der Waals surface area contributed by atoms with Crippen LogP contribution < -0.4 is 5.32 Å². The molecule has 19 heavy (non-hydrogen) atoms. The van der Waals surface area contributed by atoms with Crippen LogP contribution >= 0.6 is 0 Å². The monoisotopic (exact) mass is 261 g/mol. The first-order chi connectivity index (χ1) is 8.97. The molecule has 1 heterocycles. The van der Waals surface area contributed by atoms with Crippen molar-refractivity contribution in [2.45, 2.75) is 6.92 Å². The van der Waals surface area contributed by atoms with Crippen LogP contribution in [0.3, 0.4) is 0 Å². The maximum atomic E-state index is 11.0. The fraction of sp³-hybridized carbons (Fsp3) is 0.0833. The lowest BCUT2D eigenvalue weighted by molar-refractivity contribution is -0.114. The minimum atomic E-state index is -1.31. The Balaban J connectivity index is 2.39. The molecule has 7 nitrogen and oxygen atoms in total. The Labute approximate surface area is 108 Å². The Morgan fingerprint density at radius 2 is 2.11 bits per heavy atom. The lowest BCUT2D eigenvalue weighted by Gasteiger charge is -2.05. The lowest BCUT2D eigenvalue weighted by atomic mass is 10.3. The molecule has 0 aliphatic carbocycles. The zero-order chi connectivity index (χ0) is 14.0. The number of rotatable bonds is 3. The van der Waals surface area contributed by atoms with Crippen molar-refractivity contribution in [1.82, 2.24) is 9.78 Å². The van der Waals surface area contributed by atoms with Crippen molar-refractivity contribution in [1.29, 1.82) is 0 Å². The number of carbonyl (C=O) groups excluding carboxylic acids is 1. The maximum absolute atomic E-state index is 11.0. The number of carbonyl (C=O) groups is 2. The van der Waals surface area contributed by atoms with Gasteiger partial charge in [-0.2, -0.15) is 5.10 Å². The molecule has 2 rings (SSSR count). The normalized spacial score (nSPS) is 10.2. The molecular formula is C12H11N3O4. The van der Waals surface area contributed by atoms with Gasteiger partial charge in [0.25, 0.3) is 0 Å². The number of amides is 1. The van der Waals surface area contributed by atoms with E-state index in [1.54, 1.807) is 24.3 Å². The third-order valence-electron chi connectivity index (χ3n) is 2.33. The summed E-state index contributed by atoms with van der Waals surface area (Å²) < 4.78 is 1.23. The highest BCUT2D eigenvalue weighted by molar-refractivity contribution is 5.89. The van der Waals surface area contributed by atoms with E-state index in [0.29, 0.717) is 11.4 Å². The SMILES string of the molecule is CC(=O)Nc1cccc(-n2cc(O)c(C(=O)O)n2)c1. The molecule has 7 heteroatoms. The quantitative estimate of drug-likeness (QED) is 0.770. The van der Waals surface area contributed by atoms with Crippen LogP contribution in [0.25, 0.3) is 5.69 Å². The molecule has 1 aromatic heterocycles. The molecule has 0 fully saturated rings. The number of nitrogens with one attached hydrogen (secondary N) is 1. The number of benzene rings is 1. The second-order valence-corrected chi connectivity index (χ2v) is 3.84. The Morgan fingerprint density at radius 3 is 2.68 bits per heavy atom.